The molecule has 0 unspecified atom stereocenters. The number of hydrogen-bond acceptors (Lipinski definition) is 3. The summed E-state index contributed by atoms with van der Waals surface area (Å²) in [5, 5.41) is 18.2. The van der Waals surface area contributed by atoms with E-state index in [9.17, 15) is 0 Å². The van der Waals surface area contributed by atoms with Gasteiger partial charge in [-0.25, -0.2) is 0 Å². The Morgan fingerprint density at radius 3 is 0.612 bits per heavy atom. The smallest absolute Gasteiger partial charge is 0.238 e. The van der Waals surface area contributed by atoms with Crippen molar-refractivity contribution in [3.63, 3.8) is 0 Å². The summed E-state index contributed by atoms with van der Waals surface area (Å²) in [6, 6.07) is 167. The second-order valence-corrected chi connectivity index (χ2v) is 35.6. The lowest BCUT2D eigenvalue weighted by Crippen LogP contribution is -2.10. The monoisotopic (exact) mass is 1710 g/mol. The van der Waals surface area contributed by atoms with Crippen LogP contribution in [-0.4, -0.2) is 41.9 Å². The zero-order valence-electron chi connectivity index (χ0n) is 72.2. The lowest BCUT2D eigenvalue weighted by atomic mass is 9.98. The quantitative estimate of drug-likeness (QED) is 0.122. The predicted molar refractivity (Wildman–Crippen MR) is 557 cm³/mol. The van der Waals surface area contributed by atoms with Crippen LogP contribution in [0.5, 0.6) is 0 Å². The van der Waals surface area contributed by atoms with E-state index in [0.29, 0.717) is 17.6 Å². The van der Waals surface area contributed by atoms with Gasteiger partial charge in [0.25, 0.3) is 0 Å². The number of fused-ring (bicyclic) bond motifs is 24. The van der Waals surface area contributed by atoms with Crippen molar-refractivity contribution in [2.45, 2.75) is 0 Å². The van der Waals surface area contributed by atoms with Crippen LogP contribution in [0.25, 0.3) is 271 Å². The van der Waals surface area contributed by atoms with Gasteiger partial charge >= 0.3 is 0 Å². The molecule has 0 spiro atoms. The van der Waals surface area contributed by atoms with Crippen LogP contribution in [0, 0.1) is 0 Å². The summed E-state index contributed by atoms with van der Waals surface area (Å²) in [6.45, 7) is 0. The molecule has 0 saturated heterocycles. The van der Waals surface area contributed by atoms with E-state index in [-0.39, 0.29) is 0 Å². The van der Waals surface area contributed by atoms with Gasteiger partial charge in [0.2, 0.25) is 5.95 Å². The number of aromatic nitrogens is 9. The van der Waals surface area contributed by atoms with E-state index in [1.54, 1.807) is 0 Å². The molecule has 0 N–H and O–H groups in total. The van der Waals surface area contributed by atoms with E-state index < -0.39 is 0 Å². The molecule has 0 fully saturated rings. The summed E-state index contributed by atoms with van der Waals surface area (Å²) in [6.07, 6.45) is 0. The lowest BCUT2D eigenvalue weighted by Gasteiger charge is -2.15. The molecule has 0 aliphatic heterocycles. The zero-order valence-corrected chi connectivity index (χ0v) is 72.2. The number of rotatable bonds is 12. The normalized spacial score (nSPS) is 12.2. The maximum atomic E-state index is 6.41. The first-order chi connectivity index (χ1) is 66.4. The number of hydrogen-bond donors (Lipinski definition) is 0. The van der Waals surface area contributed by atoms with Crippen molar-refractivity contribution in [3.05, 3.63) is 455 Å². The number of nitrogens with zero attached hydrogens (tertiary/aromatic N) is 9. The molecule has 29 rings (SSSR count). The highest BCUT2D eigenvalue weighted by Crippen LogP contribution is 2.48. The van der Waals surface area contributed by atoms with Gasteiger partial charge in [-0.1, -0.05) is 243 Å². The molecule has 0 atom stereocenters. The highest BCUT2D eigenvalue weighted by atomic mass is 16.3. The van der Waals surface area contributed by atoms with Crippen LogP contribution in [0.2, 0.25) is 0 Å². The molecule has 20 aromatic carbocycles. The molecule has 9 aromatic heterocycles. The Labute approximate surface area is 766 Å². The summed E-state index contributed by atoms with van der Waals surface area (Å²) in [5.74, 6) is 1.92. The van der Waals surface area contributed by atoms with Crippen LogP contribution in [-0.2, 0) is 0 Å². The van der Waals surface area contributed by atoms with Crippen LogP contribution >= 0.6 is 0 Å². The van der Waals surface area contributed by atoms with Crippen molar-refractivity contribution in [1.29, 1.82) is 0 Å². The molecular formula is C124H75N9O. The van der Waals surface area contributed by atoms with Gasteiger partial charge in [-0.2, -0.15) is 9.97 Å². The maximum absolute atomic E-state index is 6.41. The van der Waals surface area contributed by atoms with Crippen molar-refractivity contribution in [3.8, 4) is 96.0 Å². The van der Waals surface area contributed by atoms with Crippen LogP contribution in [0.15, 0.2) is 459 Å². The van der Waals surface area contributed by atoms with Crippen LogP contribution in [0.3, 0.4) is 0 Å². The van der Waals surface area contributed by atoms with E-state index in [0.717, 1.165) is 210 Å². The fourth-order valence-corrected chi connectivity index (χ4v) is 22.3. The average Bonchev–Trinajstić information content (AvgIpc) is 1.57. The van der Waals surface area contributed by atoms with Crippen molar-refractivity contribution in [2.75, 3.05) is 0 Å². The van der Waals surface area contributed by atoms with Gasteiger partial charge in [-0.05, 0) is 262 Å². The fraction of sp³-hybridized carbons (Fsp3) is 0. The molecule has 29 aromatic rings. The number of furan rings is 1. The van der Waals surface area contributed by atoms with Gasteiger partial charge in [0.15, 0.2) is 0 Å². The Balaban J connectivity index is 0.684. The Hall–Kier alpha value is -18.1. The summed E-state index contributed by atoms with van der Waals surface area (Å²) < 4.78 is 23.1. The van der Waals surface area contributed by atoms with Crippen molar-refractivity contribution in [2.24, 2.45) is 0 Å². The molecule has 0 bridgehead atoms. The molecule has 10 nitrogen and oxygen atoms in total. The Kier molecular flexibility index (Phi) is 15.8. The van der Waals surface area contributed by atoms with Crippen LogP contribution in [0.4, 0.5) is 0 Å². The predicted octanol–water partition coefficient (Wildman–Crippen LogP) is 32.4. The summed E-state index contributed by atoms with van der Waals surface area (Å²) in [7, 11) is 0. The second kappa shape index (κ2) is 28.7. The molecule has 0 radical (unpaired) electrons. The van der Waals surface area contributed by atoms with Gasteiger partial charge in [0.05, 0.1) is 77.2 Å². The molecular weight excluding hydrogens is 1630 g/mol. The van der Waals surface area contributed by atoms with Crippen molar-refractivity contribution < 1.29 is 4.42 Å². The second-order valence-electron chi connectivity index (χ2n) is 35.6. The minimum atomic E-state index is 0.520. The van der Waals surface area contributed by atoms with E-state index >= 15 is 0 Å². The summed E-state index contributed by atoms with van der Waals surface area (Å²) >= 11 is 0. The first kappa shape index (κ1) is 73.9. The van der Waals surface area contributed by atoms with E-state index in [2.05, 4.69) is 475 Å². The van der Waals surface area contributed by atoms with Crippen molar-refractivity contribution >= 4 is 175 Å². The van der Waals surface area contributed by atoms with E-state index in [4.69, 9.17) is 14.4 Å². The highest BCUT2D eigenvalue weighted by Gasteiger charge is 2.27. The SMILES string of the molecule is c1ccc(-n2c3ccccc3c3cc(-c4ccc5c(c4)c4cc(-c6ccc7c(c6)c6ccccc6n7-c6ccccc6)ccc4n5-c4cc(-n5c6ccc(-c7ccc8c(c7)c7ccccc7n8-c7ccccc7)cc6c6cc(-c7ccc8c(c7)c7ccccc7n8-c7ccccc7)ccc65)nc(-n5c6ccccc6c6cc(-c7ccc8oc9ccccc9c8c7)ccc65)n4)ccc32)cc1. The minimum absolute atomic E-state index is 0.520. The molecule has 622 valence electrons. The molecule has 9 heterocycles. The molecule has 134 heavy (non-hydrogen) atoms. The van der Waals surface area contributed by atoms with Crippen LogP contribution < -0.4 is 0 Å². The first-order valence-corrected chi connectivity index (χ1v) is 45.8. The third-order valence-electron chi connectivity index (χ3n) is 28.3. The van der Waals surface area contributed by atoms with Gasteiger partial charge in [0, 0.05) is 115 Å². The first-order valence-electron chi connectivity index (χ1n) is 45.8. The Bertz CT molecular complexity index is 9150. The number of benzene rings is 20. The maximum Gasteiger partial charge on any atom is 0.238 e. The van der Waals surface area contributed by atoms with Crippen LogP contribution in [0.1, 0.15) is 0 Å². The largest absolute Gasteiger partial charge is 0.456 e. The Morgan fingerprint density at radius 1 is 0.134 bits per heavy atom. The molecule has 0 amide bonds. The molecule has 10 heteroatoms. The summed E-state index contributed by atoms with van der Waals surface area (Å²) in [4.78, 5) is 12.2. The number of para-hydroxylation sites is 10. The summed E-state index contributed by atoms with van der Waals surface area (Å²) in [5.41, 5.74) is 32.5. The van der Waals surface area contributed by atoms with Crippen molar-refractivity contribution in [1.82, 2.24) is 41.9 Å². The minimum Gasteiger partial charge on any atom is -0.456 e. The third kappa shape index (κ3) is 11.1. The van der Waals surface area contributed by atoms with E-state index in [1.165, 1.54) is 43.1 Å². The van der Waals surface area contributed by atoms with Gasteiger partial charge in [-0.3, -0.25) is 13.7 Å². The molecule has 0 aliphatic carbocycles. The van der Waals surface area contributed by atoms with Gasteiger partial charge < -0.3 is 22.7 Å². The Morgan fingerprint density at radius 2 is 0.328 bits per heavy atom. The fourth-order valence-electron chi connectivity index (χ4n) is 22.3. The highest BCUT2D eigenvalue weighted by molar-refractivity contribution is 6.19. The van der Waals surface area contributed by atoms with E-state index in [1.807, 2.05) is 12.1 Å². The standard InChI is InChI=1S/C124H75N9O/c1-5-25-86(26-6-1)127-106-39-19-13-33-90(106)96-65-76(45-55-111(96)127)81-49-59-115-101(70-81)102-71-82(77-46-56-112-97(66-77)91-34-14-20-40-107(91)128(112)87-27-7-2-8-28-87)50-60-116(102)131(115)122-75-123(126-124(125-122)133-110-43-23-17-37-94(110)100-69-80(53-63-119(100)133)85-54-64-121-105(74-85)95-38-18-24-44-120(95)134-121)132-117-61-51-83(78-47-57-113-98(67-78)92-35-15-21-41-108(92)129(113)88-29-9-3-10-30-88)72-103(117)104-73-84(52-62-118(104)132)79-48-58-114-99(68-79)93-36-16-22-42-109(93)130(114)89-31-11-4-12-32-89/h1-75H. The van der Waals surface area contributed by atoms with Gasteiger partial charge in [0.1, 0.15) is 22.8 Å². The zero-order chi connectivity index (χ0) is 87.5. The third-order valence-corrected chi connectivity index (χ3v) is 28.3. The lowest BCUT2D eigenvalue weighted by molar-refractivity contribution is 0.669. The molecule has 0 saturated carbocycles. The van der Waals surface area contributed by atoms with Gasteiger partial charge in [-0.15, -0.1) is 0 Å². The topological polar surface area (TPSA) is 73.4 Å². The average molecular weight is 1710 g/mol. The molecule has 0 aliphatic rings.